The fourth-order valence-electron chi connectivity index (χ4n) is 0.772. The Balaban J connectivity index is 3.34. The topological polar surface area (TPSA) is 30.0 Å². The molecule has 0 aliphatic carbocycles. The Morgan fingerprint density at radius 2 is 2.14 bits per heavy atom. The Morgan fingerprint density at radius 3 is 2.57 bits per heavy atom. The molecule has 0 amide bonds. The highest BCUT2D eigenvalue weighted by Crippen LogP contribution is 2.29. The molecule has 2 nitrogen and oxygen atoms in total. The van der Waals surface area contributed by atoms with E-state index >= 15 is 0 Å². The minimum absolute atomic E-state index is 0.0409. The molecule has 0 aromatic carbocycles. The molecule has 0 spiro atoms. The van der Waals surface area contributed by atoms with E-state index in [2.05, 4.69) is 20.9 Å². The van der Waals surface area contributed by atoms with Gasteiger partial charge in [-0.15, -0.1) is 0 Å². The number of hydrogen-bond acceptors (Lipinski definition) is 2. The lowest BCUT2D eigenvalue weighted by atomic mass is 10.3. The summed E-state index contributed by atoms with van der Waals surface area (Å²) in [4.78, 5) is 14.1. The molecule has 1 aromatic rings. The minimum atomic E-state index is -2.79. The third-order valence-corrected chi connectivity index (χ3v) is 2.45. The van der Waals surface area contributed by atoms with E-state index in [1.165, 1.54) is 0 Å². The molecule has 0 atom stereocenters. The SMILES string of the molecule is O=C(Cl)c1nc(C(F)F)c(Br)cc1Cl. The molecule has 0 saturated carbocycles. The average molecular weight is 305 g/mol. The van der Waals surface area contributed by atoms with E-state index in [-0.39, 0.29) is 15.2 Å². The van der Waals surface area contributed by atoms with Crippen molar-refractivity contribution in [2.75, 3.05) is 0 Å². The van der Waals surface area contributed by atoms with Crippen molar-refractivity contribution in [1.82, 2.24) is 4.98 Å². The normalized spacial score (nSPS) is 10.7. The quantitative estimate of drug-likeness (QED) is 0.778. The van der Waals surface area contributed by atoms with Crippen LogP contribution in [-0.2, 0) is 0 Å². The summed E-state index contributed by atoms with van der Waals surface area (Å²) in [5, 5.41) is -1.04. The van der Waals surface area contributed by atoms with Gasteiger partial charge in [0, 0.05) is 4.47 Å². The molecule has 1 rings (SSSR count). The number of carbonyl (C=O) groups is 1. The maximum absolute atomic E-state index is 12.3. The molecule has 0 fully saturated rings. The molecule has 7 heteroatoms. The van der Waals surface area contributed by atoms with Crippen LogP contribution in [0.15, 0.2) is 10.5 Å². The summed E-state index contributed by atoms with van der Waals surface area (Å²) in [5.74, 6) is 0. The van der Waals surface area contributed by atoms with Gasteiger partial charge in [0.25, 0.3) is 11.7 Å². The number of carbonyl (C=O) groups excluding carboxylic acids is 1. The van der Waals surface area contributed by atoms with Gasteiger partial charge in [0.1, 0.15) is 11.4 Å². The van der Waals surface area contributed by atoms with Crippen molar-refractivity contribution >= 4 is 44.4 Å². The number of pyridine rings is 1. The molecule has 1 aromatic heterocycles. The average Bonchev–Trinajstić information content (AvgIpc) is 2.02. The summed E-state index contributed by atoms with van der Waals surface area (Å²) in [6.45, 7) is 0. The van der Waals surface area contributed by atoms with Crippen molar-refractivity contribution in [1.29, 1.82) is 0 Å². The fourth-order valence-corrected chi connectivity index (χ4v) is 1.82. The Bertz CT molecular complexity index is 386. The van der Waals surface area contributed by atoms with Gasteiger partial charge in [-0.3, -0.25) is 4.79 Å². The van der Waals surface area contributed by atoms with Gasteiger partial charge in [-0.05, 0) is 33.6 Å². The molecule has 0 bridgehead atoms. The van der Waals surface area contributed by atoms with Crippen LogP contribution in [0.3, 0.4) is 0 Å². The van der Waals surface area contributed by atoms with Gasteiger partial charge < -0.3 is 0 Å². The summed E-state index contributed by atoms with van der Waals surface area (Å²) in [7, 11) is 0. The van der Waals surface area contributed by atoms with E-state index in [1.54, 1.807) is 0 Å². The van der Waals surface area contributed by atoms with Crippen LogP contribution < -0.4 is 0 Å². The van der Waals surface area contributed by atoms with Gasteiger partial charge in [0.05, 0.1) is 5.02 Å². The number of alkyl halides is 2. The first-order valence-electron chi connectivity index (χ1n) is 3.27. The molecule has 0 unspecified atom stereocenters. The zero-order chi connectivity index (χ0) is 10.9. The number of rotatable bonds is 2. The zero-order valence-corrected chi connectivity index (χ0v) is 9.50. The summed E-state index contributed by atoms with van der Waals surface area (Å²) in [6.07, 6.45) is -2.79. The van der Waals surface area contributed by atoms with Crippen LogP contribution in [0.25, 0.3) is 0 Å². The minimum Gasteiger partial charge on any atom is -0.274 e. The van der Waals surface area contributed by atoms with Crippen LogP contribution in [0, 0.1) is 0 Å². The van der Waals surface area contributed by atoms with Gasteiger partial charge in [0.15, 0.2) is 0 Å². The second-order valence-electron chi connectivity index (χ2n) is 2.26. The number of halogens is 5. The standard InChI is InChI=1S/C7H2BrCl2F2NO/c8-2-1-3(9)5(6(10)14)13-4(2)7(11)12/h1,7H. The zero-order valence-electron chi connectivity index (χ0n) is 6.40. The second kappa shape index (κ2) is 4.51. The molecule has 0 aliphatic rings. The van der Waals surface area contributed by atoms with E-state index in [1.807, 2.05) is 0 Å². The second-order valence-corrected chi connectivity index (χ2v) is 3.87. The van der Waals surface area contributed by atoms with E-state index in [0.717, 1.165) is 6.07 Å². The molecule has 14 heavy (non-hydrogen) atoms. The smallest absolute Gasteiger partial charge is 0.274 e. The van der Waals surface area contributed by atoms with Crippen molar-refractivity contribution in [2.24, 2.45) is 0 Å². The van der Waals surface area contributed by atoms with Crippen molar-refractivity contribution in [3.05, 3.63) is 26.9 Å². The number of hydrogen-bond donors (Lipinski definition) is 0. The Morgan fingerprint density at radius 1 is 1.57 bits per heavy atom. The highest BCUT2D eigenvalue weighted by Gasteiger charge is 2.19. The maximum atomic E-state index is 12.3. The Labute approximate surface area is 96.3 Å². The van der Waals surface area contributed by atoms with Crippen LogP contribution in [0.1, 0.15) is 22.6 Å². The summed E-state index contributed by atoms with van der Waals surface area (Å²) in [5.41, 5.74) is -0.926. The van der Waals surface area contributed by atoms with E-state index in [0.29, 0.717) is 0 Å². The first-order chi connectivity index (χ1) is 6.43. The molecular weight excluding hydrogens is 303 g/mol. The van der Waals surface area contributed by atoms with Crippen LogP contribution in [-0.4, -0.2) is 10.2 Å². The largest absolute Gasteiger partial charge is 0.281 e. The molecule has 76 valence electrons. The molecule has 0 saturated heterocycles. The van der Waals surface area contributed by atoms with Crippen molar-refractivity contribution in [3.63, 3.8) is 0 Å². The molecule has 0 N–H and O–H groups in total. The van der Waals surface area contributed by atoms with E-state index in [9.17, 15) is 13.6 Å². The monoisotopic (exact) mass is 303 g/mol. The lowest BCUT2D eigenvalue weighted by Crippen LogP contribution is -2.01. The Hall–Kier alpha value is -0.260. The number of aromatic nitrogens is 1. The first-order valence-corrected chi connectivity index (χ1v) is 4.82. The number of nitrogens with zero attached hydrogens (tertiary/aromatic N) is 1. The molecular formula is C7H2BrCl2F2NO. The highest BCUT2D eigenvalue weighted by atomic mass is 79.9. The van der Waals surface area contributed by atoms with Crippen molar-refractivity contribution in [3.8, 4) is 0 Å². The maximum Gasteiger partial charge on any atom is 0.281 e. The van der Waals surface area contributed by atoms with Crippen LogP contribution >= 0.6 is 39.1 Å². The molecule has 1 heterocycles. The van der Waals surface area contributed by atoms with Crippen LogP contribution in [0.4, 0.5) is 8.78 Å². The van der Waals surface area contributed by atoms with Crippen molar-refractivity contribution in [2.45, 2.75) is 6.43 Å². The third-order valence-electron chi connectivity index (χ3n) is 1.35. The lowest BCUT2D eigenvalue weighted by molar-refractivity contribution is 0.107. The van der Waals surface area contributed by atoms with Gasteiger partial charge in [-0.25, -0.2) is 13.8 Å². The van der Waals surface area contributed by atoms with E-state index in [4.69, 9.17) is 23.2 Å². The lowest BCUT2D eigenvalue weighted by Gasteiger charge is -2.05. The third kappa shape index (κ3) is 2.40. The van der Waals surface area contributed by atoms with Gasteiger partial charge in [0.2, 0.25) is 0 Å². The molecule has 0 radical (unpaired) electrons. The fraction of sp³-hybridized carbons (Fsp3) is 0.143. The predicted molar refractivity (Wildman–Crippen MR) is 52.1 cm³/mol. The van der Waals surface area contributed by atoms with E-state index < -0.39 is 17.4 Å². The summed E-state index contributed by atoms with van der Waals surface area (Å²) < 4.78 is 24.7. The first kappa shape index (κ1) is 11.8. The van der Waals surface area contributed by atoms with Crippen LogP contribution in [0.2, 0.25) is 5.02 Å². The van der Waals surface area contributed by atoms with Gasteiger partial charge in [-0.2, -0.15) is 0 Å². The Kier molecular flexibility index (Phi) is 3.80. The van der Waals surface area contributed by atoms with Crippen LogP contribution in [0.5, 0.6) is 0 Å². The summed E-state index contributed by atoms with van der Waals surface area (Å²) >= 11 is 13.5. The van der Waals surface area contributed by atoms with Gasteiger partial charge in [-0.1, -0.05) is 11.6 Å². The predicted octanol–water partition coefficient (Wildman–Crippen LogP) is 3.81. The van der Waals surface area contributed by atoms with Crippen molar-refractivity contribution < 1.29 is 13.6 Å². The van der Waals surface area contributed by atoms with Gasteiger partial charge >= 0.3 is 0 Å². The molecule has 0 aliphatic heterocycles. The summed E-state index contributed by atoms with van der Waals surface area (Å²) in [6, 6.07) is 1.16. The highest BCUT2D eigenvalue weighted by molar-refractivity contribution is 9.10.